The minimum atomic E-state index is -0.118. The number of nitrogens with one attached hydrogen (secondary N) is 2. The summed E-state index contributed by atoms with van der Waals surface area (Å²) < 4.78 is 5.16. The first-order valence-electron chi connectivity index (χ1n) is 10.5. The molecule has 7 nitrogen and oxygen atoms in total. The van der Waals surface area contributed by atoms with Crippen molar-refractivity contribution in [2.75, 3.05) is 39.8 Å². The number of aliphatic imine (C=N–C) groups is 1. The third-order valence-electron chi connectivity index (χ3n) is 5.48. The van der Waals surface area contributed by atoms with E-state index < -0.39 is 0 Å². The first kappa shape index (κ1) is 25.0. The van der Waals surface area contributed by atoms with Gasteiger partial charge in [-0.1, -0.05) is 19.3 Å². The van der Waals surface area contributed by atoms with Gasteiger partial charge in [-0.15, -0.1) is 24.0 Å². The molecule has 162 valence electrons. The van der Waals surface area contributed by atoms with Crippen LogP contribution in [0.4, 0.5) is 0 Å². The predicted octanol–water partition coefficient (Wildman–Crippen LogP) is 2.54. The van der Waals surface area contributed by atoms with Crippen LogP contribution in [-0.4, -0.2) is 62.6 Å². The lowest BCUT2D eigenvalue weighted by Gasteiger charge is -2.34. The number of ether oxygens (including phenoxy) is 1. The van der Waals surface area contributed by atoms with Gasteiger partial charge in [-0.3, -0.25) is 14.6 Å². The summed E-state index contributed by atoms with van der Waals surface area (Å²) in [5.74, 6) is 1.29. The molecule has 0 spiro atoms. The third kappa shape index (κ3) is 8.53. The Bertz CT molecular complexity index is 510. The topological polar surface area (TPSA) is 83.0 Å². The molecule has 1 amide bonds. The van der Waals surface area contributed by atoms with Gasteiger partial charge in [0.2, 0.25) is 5.91 Å². The molecule has 0 aromatic rings. The lowest BCUT2D eigenvalue weighted by molar-refractivity contribution is -0.149. The second-order valence-electron chi connectivity index (χ2n) is 7.57. The fourth-order valence-corrected chi connectivity index (χ4v) is 4.06. The number of halogens is 1. The van der Waals surface area contributed by atoms with E-state index in [9.17, 15) is 9.59 Å². The zero-order chi connectivity index (χ0) is 19.5. The second-order valence-corrected chi connectivity index (χ2v) is 7.57. The van der Waals surface area contributed by atoms with Crippen LogP contribution in [0.5, 0.6) is 0 Å². The fourth-order valence-electron chi connectivity index (χ4n) is 4.06. The maximum absolute atomic E-state index is 12.1. The number of likely N-dealkylation sites (tertiary alicyclic amines) is 1. The summed E-state index contributed by atoms with van der Waals surface area (Å²) in [5.41, 5.74) is 0. The highest BCUT2D eigenvalue weighted by Gasteiger charge is 2.28. The summed E-state index contributed by atoms with van der Waals surface area (Å²) in [5, 5.41) is 6.31. The van der Waals surface area contributed by atoms with Crippen molar-refractivity contribution in [3.8, 4) is 0 Å². The van der Waals surface area contributed by atoms with Crippen LogP contribution in [0.1, 0.15) is 58.3 Å². The quantitative estimate of drug-likeness (QED) is 0.182. The van der Waals surface area contributed by atoms with Gasteiger partial charge in [-0.05, 0) is 38.5 Å². The Hall–Kier alpha value is -1.06. The minimum Gasteiger partial charge on any atom is -0.466 e. The van der Waals surface area contributed by atoms with Gasteiger partial charge in [-0.25, -0.2) is 0 Å². The molecule has 1 heterocycles. The first-order chi connectivity index (χ1) is 13.1. The molecular weight excluding hydrogens is 471 g/mol. The van der Waals surface area contributed by atoms with Crippen molar-refractivity contribution < 1.29 is 14.3 Å². The Balaban J connectivity index is 0.00000392. The molecule has 1 aliphatic heterocycles. The average molecular weight is 508 g/mol. The Morgan fingerprint density at radius 1 is 1.07 bits per heavy atom. The number of amides is 1. The monoisotopic (exact) mass is 508 g/mol. The molecule has 2 rings (SSSR count). The van der Waals surface area contributed by atoms with Crippen LogP contribution < -0.4 is 10.6 Å². The van der Waals surface area contributed by atoms with E-state index in [0.29, 0.717) is 38.6 Å². The van der Waals surface area contributed by atoms with Crippen LogP contribution in [0.3, 0.4) is 0 Å². The van der Waals surface area contributed by atoms with Gasteiger partial charge in [-0.2, -0.15) is 0 Å². The SMILES string of the molecule is CCOC(=O)C1CCCN(C(=NC)NCCNC(=O)CC2CCCCC2)C1.I. The number of guanidine groups is 1. The molecule has 28 heavy (non-hydrogen) atoms. The molecular formula is C20H37IN4O3. The van der Waals surface area contributed by atoms with Gasteiger partial charge in [0.25, 0.3) is 0 Å². The Labute approximate surface area is 186 Å². The van der Waals surface area contributed by atoms with Gasteiger partial charge in [0.1, 0.15) is 0 Å². The van der Waals surface area contributed by atoms with E-state index in [4.69, 9.17) is 4.74 Å². The third-order valence-corrected chi connectivity index (χ3v) is 5.48. The number of hydrogen-bond acceptors (Lipinski definition) is 4. The normalized spacial score (nSPS) is 20.9. The zero-order valence-electron chi connectivity index (χ0n) is 17.4. The summed E-state index contributed by atoms with van der Waals surface area (Å²) in [4.78, 5) is 30.5. The van der Waals surface area contributed by atoms with Crippen molar-refractivity contribution in [1.82, 2.24) is 15.5 Å². The van der Waals surface area contributed by atoms with Gasteiger partial charge in [0.15, 0.2) is 5.96 Å². The largest absolute Gasteiger partial charge is 0.466 e. The Kier molecular flexibility index (Phi) is 12.5. The molecule has 0 aromatic heterocycles. The van der Waals surface area contributed by atoms with Gasteiger partial charge in [0, 0.05) is 39.6 Å². The van der Waals surface area contributed by atoms with Crippen molar-refractivity contribution in [2.45, 2.75) is 58.3 Å². The number of rotatable bonds is 7. The molecule has 0 bridgehead atoms. The number of carbonyl (C=O) groups is 2. The molecule has 2 aliphatic rings. The molecule has 0 aromatic carbocycles. The molecule has 1 saturated heterocycles. The smallest absolute Gasteiger partial charge is 0.310 e. The van der Waals surface area contributed by atoms with Gasteiger partial charge < -0.3 is 20.3 Å². The summed E-state index contributed by atoms with van der Waals surface area (Å²) >= 11 is 0. The molecule has 1 unspecified atom stereocenters. The van der Waals surface area contributed by atoms with Crippen LogP contribution in [0.25, 0.3) is 0 Å². The van der Waals surface area contributed by atoms with Gasteiger partial charge in [0.05, 0.1) is 12.5 Å². The van der Waals surface area contributed by atoms with Gasteiger partial charge >= 0.3 is 5.97 Å². The molecule has 1 aliphatic carbocycles. The summed E-state index contributed by atoms with van der Waals surface area (Å²) in [6.45, 7) is 4.98. The predicted molar refractivity (Wildman–Crippen MR) is 122 cm³/mol. The Morgan fingerprint density at radius 2 is 1.79 bits per heavy atom. The van der Waals surface area contributed by atoms with E-state index in [1.165, 1.54) is 32.1 Å². The first-order valence-corrected chi connectivity index (χ1v) is 10.5. The van der Waals surface area contributed by atoms with Crippen LogP contribution >= 0.6 is 24.0 Å². The molecule has 2 fully saturated rings. The average Bonchev–Trinajstić information content (AvgIpc) is 2.69. The number of esters is 1. The van der Waals surface area contributed by atoms with E-state index in [1.54, 1.807) is 7.05 Å². The van der Waals surface area contributed by atoms with Crippen molar-refractivity contribution >= 4 is 41.8 Å². The number of piperidine rings is 1. The highest BCUT2D eigenvalue weighted by atomic mass is 127. The molecule has 8 heteroatoms. The summed E-state index contributed by atoms with van der Waals surface area (Å²) in [6, 6.07) is 0. The van der Waals surface area contributed by atoms with Crippen molar-refractivity contribution in [3.05, 3.63) is 0 Å². The minimum absolute atomic E-state index is 0. The van der Waals surface area contributed by atoms with E-state index in [2.05, 4.69) is 20.5 Å². The Morgan fingerprint density at radius 3 is 2.46 bits per heavy atom. The van der Waals surface area contributed by atoms with Crippen molar-refractivity contribution in [1.29, 1.82) is 0 Å². The summed E-state index contributed by atoms with van der Waals surface area (Å²) in [7, 11) is 1.75. The second kappa shape index (κ2) is 14.0. The fraction of sp³-hybridized carbons (Fsp3) is 0.850. The van der Waals surface area contributed by atoms with Crippen LogP contribution in [0.15, 0.2) is 4.99 Å². The maximum atomic E-state index is 12.1. The lowest BCUT2D eigenvalue weighted by atomic mass is 9.87. The van der Waals surface area contributed by atoms with E-state index in [1.807, 2.05) is 6.92 Å². The zero-order valence-corrected chi connectivity index (χ0v) is 19.7. The van der Waals surface area contributed by atoms with E-state index in [0.717, 1.165) is 25.3 Å². The highest BCUT2D eigenvalue weighted by Crippen LogP contribution is 2.26. The number of carbonyl (C=O) groups excluding carboxylic acids is 2. The van der Waals surface area contributed by atoms with E-state index in [-0.39, 0.29) is 41.8 Å². The number of nitrogens with zero attached hydrogens (tertiary/aromatic N) is 2. The molecule has 1 saturated carbocycles. The lowest BCUT2D eigenvalue weighted by Crippen LogP contribution is -2.49. The molecule has 2 N–H and O–H groups in total. The van der Waals surface area contributed by atoms with Crippen LogP contribution in [0.2, 0.25) is 0 Å². The molecule has 0 radical (unpaired) electrons. The summed E-state index contributed by atoms with van der Waals surface area (Å²) in [6.07, 6.45) is 8.68. The van der Waals surface area contributed by atoms with Crippen molar-refractivity contribution in [2.24, 2.45) is 16.8 Å². The standard InChI is InChI=1S/C20H36N4O3.HI/c1-3-27-19(26)17-10-7-13-24(15-17)20(21-2)23-12-11-22-18(25)14-16-8-5-4-6-9-16;/h16-17H,3-15H2,1-2H3,(H,21,23)(H,22,25);1H. The number of hydrogen-bond donors (Lipinski definition) is 2. The van der Waals surface area contributed by atoms with E-state index >= 15 is 0 Å². The highest BCUT2D eigenvalue weighted by molar-refractivity contribution is 14.0. The maximum Gasteiger partial charge on any atom is 0.310 e. The van der Waals surface area contributed by atoms with Crippen LogP contribution in [-0.2, 0) is 14.3 Å². The molecule has 1 atom stereocenters. The van der Waals surface area contributed by atoms with Crippen molar-refractivity contribution in [3.63, 3.8) is 0 Å². The van der Waals surface area contributed by atoms with Crippen LogP contribution in [0, 0.1) is 11.8 Å².